The Labute approximate surface area is 95.5 Å². The number of ketones is 1. The molecule has 0 aliphatic rings. The van der Waals surface area contributed by atoms with E-state index in [2.05, 4.69) is 11.6 Å². The van der Waals surface area contributed by atoms with Crippen molar-refractivity contribution in [2.45, 2.75) is 13.3 Å². The lowest BCUT2D eigenvalue weighted by molar-refractivity contribution is 0.101. The third-order valence-corrected chi connectivity index (χ3v) is 2.84. The molecule has 1 aromatic carbocycles. The van der Waals surface area contributed by atoms with E-state index in [1.165, 1.54) is 5.75 Å². The van der Waals surface area contributed by atoms with Crippen LogP contribution in [0.3, 0.4) is 0 Å². The lowest BCUT2D eigenvalue weighted by Crippen LogP contribution is -2.02. The molecule has 0 saturated carbocycles. The molecule has 0 spiro atoms. The summed E-state index contributed by atoms with van der Waals surface area (Å²) in [6.07, 6.45) is 3.28. The van der Waals surface area contributed by atoms with E-state index in [0.717, 1.165) is 24.2 Å². The minimum Gasteiger partial charge on any atom is -0.385 e. The quantitative estimate of drug-likeness (QED) is 0.593. The van der Waals surface area contributed by atoms with Crippen molar-refractivity contribution < 1.29 is 4.79 Å². The van der Waals surface area contributed by atoms with Crippen LogP contribution in [0.5, 0.6) is 0 Å². The van der Waals surface area contributed by atoms with E-state index in [1.54, 1.807) is 6.92 Å². The minimum absolute atomic E-state index is 0.115. The molecular formula is C12H17NOS. The molecule has 1 aromatic rings. The minimum atomic E-state index is 0.115. The summed E-state index contributed by atoms with van der Waals surface area (Å²) in [6, 6.07) is 7.63. The highest BCUT2D eigenvalue weighted by molar-refractivity contribution is 7.98. The van der Waals surface area contributed by atoms with Crippen LogP contribution in [0, 0.1) is 0 Å². The van der Waals surface area contributed by atoms with Crippen LogP contribution in [0.2, 0.25) is 0 Å². The highest BCUT2D eigenvalue weighted by atomic mass is 32.2. The maximum absolute atomic E-state index is 11.0. The summed E-state index contributed by atoms with van der Waals surface area (Å²) in [5.74, 6) is 1.29. The van der Waals surface area contributed by atoms with Gasteiger partial charge in [-0.25, -0.2) is 0 Å². The van der Waals surface area contributed by atoms with E-state index in [-0.39, 0.29) is 5.78 Å². The molecule has 1 rings (SSSR count). The van der Waals surface area contributed by atoms with Gasteiger partial charge in [0.15, 0.2) is 5.78 Å². The predicted octanol–water partition coefficient (Wildman–Crippen LogP) is 3.05. The second-order valence-electron chi connectivity index (χ2n) is 3.41. The second-order valence-corrected chi connectivity index (χ2v) is 4.39. The molecule has 0 atom stereocenters. The van der Waals surface area contributed by atoms with Gasteiger partial charge in [-0.3, -0.25) is 4.79 Å². The number of benzene rings is 1. The lowest BCUT2D eigenvalue weighted by atomic mass is 10.1. The van der Waals surface area contributed by atoms with Crippen LogP contribution < -0.4 is 5.32 Å². The van der Waals surface area contributed by atoms with Crippen LogP contribution in [0.15, 0.2) is 24.3 Å². The van der Waals surface area contributed by atoms with Crippen molar-refractivity contribution in [2.24, 2.45) is 0 Å². The van der Waals surface area contributed by atoms with E-state index >= 15 is 0 Å². The van der Waals surface area contributed by atoms with E-state index in [0.29, 0.717) is 0 Å². The normalized spacial score (nSPS) is 10.0. The SMILES string of the molecule is CSCCCNc1ccc(C(C)=O)cc1. The highest BCUT2D eigenvalue weighted by Gasteiger charge is 1.97. The van der Waals surface area contributed by atoms with Gasteiger partial charge in [0.1, 0.15) is 0 Å². The van der Waals surface area contributed by atoms with Crippen LogP contribution >= 0.6 is 11.8 Å². The Morgan fingerprint density at radius 2 is 2.00 bits per heavy atom. The van der Waals surface area contributed by atoms with Gasteiger partial charge in [0.05, 0.1) is 0 Å². The number of Topliss-reactive ketones (excluding diaryl/α,β-unsaturated/α-hetero) is 1. The zero-order valence-corrected chi connectivity index (χ0v) is 10.1. The molecule has 15 heavy (non-hydrogen) atoms. The predicted molar refractivity (Wildman–Crippen MR) is 67.9 cm³/mol. The molecule has 0 aliphatic carbocycles. The fourth-order valence-electron chi connectivity index (χ4n) is 1.27. The van der Waals surface area contributed by atoms with E-state index < -0.39 is 0 Å². The molecule has 0 unspecified atom stereocenters. The number of carbonyl (C=O) groups excluding carboxylic acids is 1. The average molecular weight is 223 g/mol. The first-order chi connectivity index (χ1) is 7.24. The van der Waals surface area contributed by atoms with Crippen LogP contribution in [0.25, 0.3) is 0 Å². The maximum Gasteiger partial charge on any atom is 0.159 e. The molecular weight excluding hydrogens is 206 g/mol. The van der Waals surface area contributed by atoms with Crippen molar-refractivity contribution in [1.29, 1.82) is 0 Å². The van der Waals surface area contributed by atoms with Crippen molar-refractivity contribution in [1.82, 2.24) is 0 Å². The summed E-state index contributed by atoms with van der Waals surface area (Å²) >= 11 is 1.86. The van der Waals surface area contributed by atoms with Crippen molar-refractivity contribution >= 4 is 23.2 Å². The Morgan fingerprint density at radius 1 is 1.33 bits per heavy atom. The topological polar surface area (TPSA) is 29.1 Å². The zero-order valence-electron chi connectivity index (χ0n) is 9.25. The molecule has 0 aromatic heterocycles. The largest absolute Gasteiger partial charge is 0.385 e. The Bertz CT molecular complexity index is 308. The number of anilines is 1. The maximum atomic E-state index is 11.0. The third kappa shape index (κ3) is 4.38. The zero-order chi connectivity index (χ0) is 11.1. The molecule has 3 heteroatoms. The number of hydrogen-bond donors (Lipinski definition) is 1. The van der Waals surface area contributed by atoms with Crippen LogP contribution in [0.4, 0.5) is 5.69 Å². The monoisotopic (exact) mass is 223 g/mol. The first kappa shape index (κ1) is 12.1. The summed E-state index contributed by atoms with van der Waals surface area (Å²) in [4.78, 5) is 11.0. The summed E-state index contributed by atoms with van der Waals surface area (Å²) < 4.78 is 0. The Kier molecular flexibility index (Phi) is 5.26. The molecule has 0 amide bonds. The Morgan fingerprint density at radius 3 is 2.53 bits per heavy atom. The Balaban J connectivity index is 2.39. The summed E-state index contributed by atoms with van der Waals surface area (Å²) in [5, 5.41) is 3.32. The van der Waals surface area contributed by atoms with Gasteiger partial charge in [-0.2, -0.15) is 11.8 Å². The Hall–Kier alpha value is -0.960. The molecule has 1 N–H and O–H groups in total. The molecule has 0 fully saturated rings. The summed E-state index contributed by atoms with van der Waals surface area (Å²) in [5.41, 5.74) is 1.85. The van der Waals surface area contributed by atoms with Crippen molar-refractivity contribution in [3.63, 3.8) is 0 Å². The number of hydrogen-bond acceptors (Lipinski definition) is 3. The molecule has 0 saturated heterocycles. The smallest absolute Gasteiger partial charge is 0.159 e. The van der Waals surface area contributed by atoms with Gasteiger partial charge in [-0.05, 0) is 49.6 Å². The van der Waals surface area contributed by atoms with E-state index in [1.807, 2.05) is 36.0 Å². The molecule has 2 nitrogen and oxygen atoms in total. The van der Waals surface area contributed by atoms with E-state index in [9.17, 15) is 4.79 Å². The van der Waals surface area contributed by atoms with Crippen LogP contribution in [0.1, 0.15) is 23.7 Å². The fourth-order valence-corrected chi connectivity index (χ4v) is 1.71. The second kappa shape index (κ2) is 6.51. The standard InChI is InChI=1S/C12H17NOS/c1-10(14)11-4-6-12(7-5-11)13-8-3-9-15-2/h4-7,13H,3,8-9H2,1-2H3. The number of thioether (sulfide) groups is 1. The van der Waals surface area contributed by atoms with Crippen LogP contribution in [-0.4, -0.2) is 24.3 Å². The molecule has 0 bridgehead atoms. The first-order valence-electron chi connectivity index (χ1n) is 5.08. The van der Waals surface area contributed by atoms with E-state index in [4.69, 9.17) is 0 Å². The molecule has 82 valence electrons. The van der Waals surface area contributed by atoms with Gasteiger partial charge in [-0.1, -0.05) is 0 Å². The summed E-state index contributed by atoms with van der Waals surface area (Å²) in [7, 11) is 0. The molecule has 0 aliphatic heterocycles. The van der Waals surface area contributed by atoms with Gasteiger partial charge < -0.3 is 5.32 Å². The fraction of sp³-hybridized carbons (Fsp3) is 0.417. The van der Waals surface area contributed by atoms with Gasteiger partial charge in [0, 0.05) is 17.8 Å². The number of nitrogens with one attached hydrogen (secondary N) is 1. The third-order valence-electron chi connectivity index (χ3n) is 2.15. The first-order valence-corrected chi connectivity index (χ1v) is 6.47. The lowest BCUT2D eigenvalue weighted by Gasteiger charge is -2.05. The number of rotatable bonds is 6. The van der Waals surface area contributed by atoms with Gasteiger partial charge in [-0.15, -0.1) is 0 Å². The average Bonchev–Trinajstić information content (AvgIpc) is 2.25. The molecule has 0 heterocycles. The van der Waals surface area contributed by atoms with Gasteiger partial charge in [0.2, 0.25) is 0 Å². The van der Waals surface area contributed by atoms with Crippen LogP contribution in [-0.2, 0) is 0 Å². The van der Waals surface area contributed by atoms with Gasteiger partial charge in [0.25, 0.3) is 0 Å². The highest BCUT2D eigenvalue weighted by Crippen LogP contribution is 2.10. The number of carbonyl (C=O) groups is 1. The molecule has 0 radical (unpaired) electrons. The van der Waals surface area contributed by atoms with Gasteiger partial charge >= 0.3 is 0 Å². The van der Waals surface area contributed by atoms with Crippen molar-refractivity contribution in [3.05, 3.63) is 29.8 Å². The van der Waals surface area contributed by atoms with Crippen molar-refractivity contribution in [2.75, 3.05) is 23.9 Å². The van der Waals surface area contributed by atoms with Crippen molar-refractivity contribution in [3.8, 4) is 0 Å². The summed E-state index contributed by atoms with van der Waals surface area (Å²) in [6.45, 7) is 2.57.